The normalized spacial score (nSPS) is 12.5. The highest BCUT2D eigenvalue weighted by Crippen LogP contribution is 2.23. The Morgan fingerprint density at radius 3 is 2.89 bits per heavy atom. The molecule has 4 aromatic rings. The molecule has 0 aliphatic carbocycles. The van der Waals surface area contributed by atoms with Crippen LogP contribution in [0.15, 0.2) is 48.7 Å². The number of aryl methyl sites for hydroxylation is 1. The van der Waals surface area contributed by atoms with Crippen LogP contribution < -0.4 is 5.32 Å². The average molecular weight is 394 g/mol. The maximum absolute atomic E-state index is 12.9. The van der Waals surface area contributed by atoms with Crippen LogP contribution in [0.1, 0.15) is 29.5 Å². The quantitative estimate of drug-likeness (QED) is 0.502. The van der Waals surface area contributed by atoms with Crippen LogP contribution in [0.2, 0.25) is 0 Å². The molecule has 1 amide bonds. The van der Waals surface area contributed by atoms with Gasteiger partial charge in [-0.05, 0) is 49.1 Å². The number of aromatic nitrogens is 4. The Hall–Kier alpha value is -2.80. The van der Waals surface area contributed by atoms with Gasteiger partial charge in [-0.3, -0.25) is 9.20 Å². The van der Waals surface area contributed by atoms with E-state index >= 15 is 0 Å². The minimum absolute atomic E-state index is 0.00774. The number of para-hydroxylation sites is 1. The summed E-state index contributed by atoms with van der Waals surface area (Å²) in [6, 6.07) is 13.7. The van der Waals surface area contributed by atoms with Crippen molar-refractivity contribution in [3.63, 3.8) is 0 Å². The molecule has 2 N–H and O–H groups in total. The maximum Gasteiger partial charge on any atom is 0.225 e. The number of nitrogens with zero attached hydrogens (tertiary/aromatic N) is 3. The Labute approximate surface area is 167 Å². The molecule has 0 radical (unpaired) electrons. The van der Waals surface area contributed by atoms with Crippen LogP contribution in [0.5, 0.6) is 0 Å². The predicted octanol–water partition coefficient (Wildman–Crippen LogP) is 3.67. The molecule has 0 unspecified atom stereocenters. The predicted molar refractivity (Wildman–Crippen MR) is 114 cm³/mol. The van der Waals surface area contributed by atoms with E-state index in [1.807, 2.05) is 53.9 Å². The summed E-state index contributed by atoms with van der Waals surface area (Å²) >= 11 is 1.76. The molecule has 7 heteroatoms. The summed E-state index contributed by atoms with van der Waals surface area (Å²) in [5.41, 5.74) is 3.92. The molecule has 0 spiro atoms. The molecule has 4 rings (SSSR count). The average Bonchev–Trinajstić information content (AvgIpc) is 3.26. The van der Waals surface area contributed by atoms with Crippen LogP contribution in [0.25, 0.3) is 16.6 Å². The molecule has 3 aromatic heterocycles. The van der Waals surface area contributed by atoms with Crippen molar-refractivity contribution < 1.29 is 4.79 Å². The number of amides is 1. The van der Waals surface area contributed by atoms with Gasteiger partial charge in [-0.1, -0.05) is 24.3 Å². The lowest BCUT2D eigenvalue weighted by atomic mass is 10.1. The Kier molecular flexibility index (Phi) is 5.34. The molecule has 0 aliphatic rings. The van der Waals surface area contributed by atoms with Gasteiger partial charge in [0.2, 0.25) is 5.91 Å². The van der Waals surface area contributed by atoms with Crippen molar-refractivity contribution in [3.8, 4) is 0 Å². The van der Waals surface area contributed by atoms with Gasteiger partial charge >= 0.3 is 0 Å². The van der Waals surface area contributed by atoms with Gasteiger partial charge < -0.3 is 10.3 Å². The van der Waals surface area contributed by atoms with Crippen molar-refractivity contribution in [2.75, 3.05) is 12.0 Å². The monoisotopic (exact) mass is 393 g/mol. The van der Waals surface area contributed by atoms with Crippen LogP contribution in [0, 0.1) is 6.92 Å². The molecule has 0 aliphatic heterocycles. The lowest BCUT2D eigenvalue weighted by Gasteiger charge is -2.17. The van der Waals surface area contributed by atoms with Crippen LogP contribution >= 0.6 is 11.8 Å². The van der Waals surface area contributed by atoms with E-state index in [1.165, 1.54) is 0 Å². The summed E-state index contributed by atoms with van der Waals surface area (Å²) in [4.78, 5) is 16.3. The van der Waals surface area contributed by atoms with Gasteiger partial charge in [0, 0.05) is 22.8 Å². The van der Waals surface area contributed by atoms with E-state index in [4.69, 9.17) is 0 Å². The van der Waals surface area contributed by atoms with Crippen molar-refractivity contribution in [2.45, 2.75) is 25.8 Å². The largest absolute Gasteiger partial charge is 0.358 e. The van der Waals surface area contributed by atoms with Crippen molar-refractivity contribution in [2.24, 2.45) is 0 Å². The van der Waals surface area contributed by atoms with E-state index in [2.05, 4.69) is 32.8 Å². The Balaban J connectivity index is 1.58. The molecule has 0 saturated carbocycles. The van der Waals surface area contributed by atoms with E-state index in [1.54, 1.807) is 11.8 Å². The molecular formula is C21H23N5OS. The Bertz CT molecular complexity index is 1120. The first-order valence-corrected chi connectivity index (χ1v) is 10.7. The van der Waals surface area contributed by atoms with E-state index in [0.717, 1.165) is 45.8 Å². The Morgan fingerprint density at radius 1 is 1.21 bits per heavy atom. The van der Waals surface area contributed by atoms with E-state index in [9.17, 15) is 4.79 Å². The zero-order valence-corrected chi connectivity index (χ0v) is 16.8. The summed E-state index contributed by atoms with van der Waals surface area (Å²) in [5, 5.41) is 12.9. The van der Waals surface area contributed by atoms with Crippen molar-refractivity contribution in [3.05, 3.63) is 65.7 Å². The summed E-state index contributed by atoms with van der Waals surface area (Å²) in [6.07, 6.45) is 5.14. The third-order valence-electron chi connectivity index (χ3n) is 4.96. The maximum atomic E-state index is 12.9. The second-order valence-corrected chi connectivity index (χ2v) is 7.83. The van der Waals surface area contributed by atoms with Crippen molar-refractivity contribution in [1.82, 2.24) is 24.9 Å². The lowest BCUT2D eigenvalue weighted by Crippen LogP contribution is -2.31. The lowest BCUT2D eigenvalue weighted by molar-refractivity contribution is -0.121. The van der Waals surface area contributed by atoms with E-state index < -0.39 is 0 Å². The molecule has 3 heterocycles. The van der Waals surface area contributed by atoms with Crippen molar-refractivity contribution in [1.29, 1.82) is 0 Å². The third-order valence-corrected chi connectivity index (χ3v) is 5.61. The number of nitrogens with one attached hydrogen (secondary N) is 2. The minimum atomic E-state index is -0.178. The molecule has 6 nitrogen and oxygen atoms in total. The number of benzene rings is 1. The van der Waals surface area contributed by atoms with Crippen LogP contribution in [-0.2, 0) is 11.2 Å². The number of fused-ring (bicyclic) bond motifs is 2. The van der Waals surface area contributed by atoms with Gasteiger partial charge in [-0.2, -0.15) is 11.8 Å². The van der Waals surface area contributed by atoms with Gasteiger partial charge in [-0.15, -0.1) is 10.2 Å². The van der Waals surface area contributed by atoms with Crippen molar-refractivity contribution >= 4 is 34.2 Å². The standard InChI is InChI=1S/C21H23N5OS/c1-14-16(15-7-3-4-8-17(15)22-14)13-20(27)23-18(10-12-28-2)21-25-24-19-9-5-6-11-26(19)21/h3-9,11,18,22H,10,12-13H2,1-2H3,(H,23,27)/t18-/m1/s1. The first-order valence-electron chi connectivity index (χ1n) is 9.31. The number of carbonyl (C=O) groups is 1. The zero-order valence-electron chi connectivity index (χ0n) is 16.0. The smallest absolute Gasteiger partial charge is 0.225 e. The number of hydrogen-bond donors (Lipinski definition) is 2. The van der Waals surface area contributed by atoms with Crippen LogP contribution in [0.4, 0.5) is 0 Å². The molecular weight excluding hydrogens is 370 g/mol. The second-order valence-electron chi connectivity index (χ2n) is 6.84. The number of carbonyl (C=O) groups excluding carboxylic acids is 1. The number of thioether (sulfide) groups is 1. The molecule has 28 heavy (non-hydrogen) atoms. The molecule has 0 saturated heterocycles. The third kappa shape index (κ3) is 3.62. The van der Waals surface area contributed by atoms with Crippen LogP contribution in [0.3, 0.4) is 0 Å². The summed E-state index contributed by atoms with van der Waals surface area (Å²) < 4.78 is 1.95. The molecule has 0 fully saturated rings. The number of rotatable bonds is 7. The van der Waals surface area contributed by atoms with Crippen LogP contribution in [-0.4, -0.2) is 37.5 Å². The molecule has 1 atom stereocenters. The number of pyridine rings is 1. The highest BCUT2D eigenvalue weighted by Gasteiger charge is 2.21. The number of hydrogen-bond acceptors (Lipinski definition) is 4. The van der Waals surface area contributed by atoms with Gasteiger partial charge in [0.1, 0.15) is 0 Å². The van der Waals surface area contributed by atoms with E-state index in [0.29, 0.717) is 6.42 Å². The first kappa shape index (κ1) is 18.6. The van der Waals surface area contributed by atoms with Gasteiger partial charge in [0.15, 0.2) is 11.5 Å². The van der Waals surface area contributed by atoms with Gasteiger partial charge in [-0.25, -0.2) is 0 Å². The number of aromatic amines is 1. The van der Waals surface area contributed by atoms with Gasteiger partial charge in [0.05, 0.1) is 12.5 Å². The second kappa shape index (κ2) is 8.06. The summed E-state index contributed by atoms with van der Waals surface area (Å²) in [6.45, 7) is 2.01. The first-order chi connectivity index (χ1) is 13.7. The fourth-order valence-electron chi connectivity index (χ4n) is 3.57. The van der Waals surface area contributed by atoms with Gasteiger partial charge in [0.25, 0.3) is 0 Å². The molecule has 1 aromatic carbocycles. The fourth-order valence-corrected chi connectivity index (χ4v) is 4.04. The topological polar surface area (TPSA) is 75.1 Å². The molecule has 0 bridgehead atoms. The highest BCUT2D eigenvalue weighted by atomic mass is 32.2. The molecule has 144 valence electrons. The number of H-pyrrole nitrogens is 1. The van der Waals surface area contributed by atoms with E-state index in [-0.39, 0.29) is 11.9 Å². The SMILES string of the molecule is CSCC[C@@H](NC(=O)Cc1c(C)[nH]c2ccccc12)c1nnc2ccccn12. The minimum Gasteiger partial charge on any atom is -0.358 e. The fraction of sp³-hybridized carbons (Fsp3) is 0.286. The zero-order chi connectivity index (χ0) is 19.5. The Morgan fingerprint density at radius 2 is 2.04 bits per heavy atom. The summed E-state index contributed by atoms with van der Waals surface area (Å²) in [5.74, 6) is 1.69. The summed E-state index contributed by atoms with van der Waals surface area (Å²) in [7, 11) is 0. The highest BCUT2D eigenvalue weighted by molar-refractivity contribution is 7.98.